The van der Waals surface area contributed by atoms with Crippen LogP contribution in [0.5, 0.6) is 0 Å². The van der Waals surface area contributed by atoms with Crippen molar-refractivity contribution in [2.45, 2.75) is 47.1 Å². The zero-order chi connectivity index (χ0) is 45.8. The van der Waals surface area contributed by atoms with Crippen molar-refractivity contribution in [2.75, 3.05) is 0 Å². The second-order valence-corrected chi connectivity index (χ2v) is 15.4. The van der Waals surface area contributed by atoms with Crippen LogP contribution >= 0.6 is 0 Å². The SMILES string of the molecule is C=C/C=C(C)/C(N)=C/C(=C\CC(/C=C\C)=C/N)c1ccc2c(ccc3c4ccc(C5=CC(C(=C)/C=C\C=N)NC(/C(C)=C/C=C\N)=C5)cc4n(-c4ccc5ccccc5c4)c23)c1.CC. The fourth-order valence-electron chi connectivity index (χ4n) is 8.03. The number of nitrogens with one attached hydrogen (secondary N) is 2. The Morgan fingerprint density at radius 1 is 0.844 bits per heavy atom. The quantitative estimate of drug-likeness (QED) is 0.0554. The Bertz CT molecular complexity index is 3070. The molecule has 322 valence electrons. The van der Waals surface area contributed by atoms with E-state index in [0.29, 0.717) is 12.1 Å². The van der Waals surface area contributed by atoms with Crippen LogP contribution in [0.2, 0.25) is 0 Å². The molecule has 0 spiro atoms. The van der Waals surface area contributed by atoms with Gasteiger partial charge in [-0.3, -0.25) is 0 Å². The van der Waals surface area contributed by atoms with Crippen LogP contribution in [0.4, 0.5) is 0 Å². The number of allylic oxidation sites excluding steroid dienone is 15. The van der Waals surface area contributed by atoms with E-state index in [4.69, 9.17) is 22.6 Å². The highest BCUT2D eigenvalue weighted by molar-refractivity contribution is 6.19. The molecule has 6 nitrogen and oxygen atoms in total. The third-order valence-electron chi connectivity index (χ3n) is 11.3. The Labute approximate surface area is 378 Å². The molecule has 1 atom stereocenters. The average molecular weight is 841 g/mol. The van der Waals surface area contributed by atoms with E-state index in [1.807, 2.05) is 70.2 Å². The molecule has 0 amide bonds. The number of hydrogen-bond donors (Lipinski definition) is 5. The Morgan fingerprint density at radius 3 is 2.33 bits per heavy atom. The first kappa shape index (κ1) is 45.7. The summed E-state index contributed by atoms with van der Waals surface area (Å²) in [4.78, 5) is 0. The zero-order valence-electron chi connectivity index (χ0n) is 37.7. The minimum absolute atomic E-state index is 0.182. The molecule has 0 fully saturated rings. The van der Waals surface area contributed by atoms with Crippen LogP contribution in [-0.2, 0) is 0 Å². The summed E-state index contributed by atoms with van der Waals surface area (Å²) in [5.74, 6) is 0. The van der Waals surface area contributed by atoms with Crippen LogP contribution in [0, 0.1) is 5.41 Å². The lowest BCUT2D eigenvalue weighted by Crippen LogP contribution is -2.31. The summed E-state index contributed by atoms with van der Waals surface area (Å²) in [5, 5.41) is 18.1. The van der Waals surface area contributed by atoms with Crippen molar-refractivity contribution in [3.05, 3.63) is 234 Å². The monoisotopic (exact) mass is 840 g/mol. The minimum Gasteiger partial charge on any atom is -0.405 e. The molecule has 64 heavy (non-hydrogen) atoms. The Balaban J connectivity index is 0.00000335. The summed E-state index contributed by atoms with van der Waals surface area (Å²) >= 11 is 0. The van der Waals surface area contributed by atoms with Crippen LogP contribution in [-0.4, -0.2) is 16.8 Å². The zero-order valence-corrected chi connectivity index (χ0v) is 37.7. The molecule has 6 heteroatoms. The molecule has 1 unspecified atom stereocenters. The van der Waals surface area contributed by atoms with Gasteiger partial charge in [0.05, 0.1) is 17.1 Å². The van der Waals surface area contributed by atoms with E-state index >= 15 is 0 Å². The van der Waals surface area contributed by atoms with Gasteiger partial charge in [0.2, 0.25) is 0 Å². The first-order valence-electron chi connectivity index (χ1n) is 21.8. The number of fused-ring (bicyclic) bond motifs is 6. The molecule has 0 saturated heterocycles. The highest BCUT2D eigenvalue weighted by Crippen LogP contribution is 2.40. The Hall–Kier alpha value is -7.83. The smallest absolute Gasteiger partial charge is 0.0701 e. The molecule has 5 aromatic carbocycles. The highest BCUT2D eigenvalue weighted by atomic mass is 15.0. The molecule has 1 aromatic heterocycles. The number of benzene rings is 5. The third kappa shape index (κ3) is 9.93. The topological polar surface area (TPSA) is 119 Å². The van der Waals surface area contributed by atoms with Gasteiger partial charge in [0.25, 0.3) is 0 Å². The van der Waals surface area contributed by atoms with E-state index in [2.05, 4.69) is 139 Å². The lowest BCUT2D eigenvalue weighted by atomic mass is 9.93. The predicted molar refractivity (Wildman–Crippen MR) is 280 cm³/mol. The Kier molecular flexibility index (Phi) is 15.2. The largest absolute Gasteiger partial charge is 0.405 e. The van der Waals surface area contributed by atoms with E-state index in [0.717, 1.165) is 83.1 Å². The molecule has 2 heterocycles. The molecule has 6 aromatic rings. The maximum absolute atomic E-state index is 7.55. The number of nitrogens with zero attached hydrogens (tertiary/aromatic N) is 1. The molecule has 0 saturated carbocycles. The van der Waals surface area contributed by atoms with Gasteiger partial charge in [-0.2, -0.15) is 0 Å². The van der Waals surface area contributed by atoms with Crippen LogP contribution in [0.3, 0.4) is 0 Å². The van der Waals surface area contributed by atoms with Crippen LogP contribution in [0.15, 0.2) is 223 Å². The van der Waals surface area contributed by atoms with Crippen LogP contribution in [0.25, 0.3) is 60.2 Å². The second kappa shape index (κ2) is 21.3. The number of dihydropyridines is 1. The van der Waals surface area contributed by atoms with Gasteiger partial charge in [0.15, 0.2) is 0 Å². The lowest BCUT2D eigenvalue weighted by Gasteiger charge is -2.26. The standard InChI is InChI=1S/C56H54N6.C2H6/c1-6-12-37(3)52(60)32-44(19-18-40(36-59)13-7-2)43-21-25-49-46(30-43)23-27-51-50-26-22-45(35-55(50)62(56(49)51)48-24-20-41-16-8-9-17-42(41)31-48)47-33-53(38(4)14-10-28-57)61-54(34-47)39(5)15-11-29-58;1-2/h6-17,19-36,53,57,61H,1,4,18,58-60H2,2-3,5H3;1-2H3/b13-7-,14-10-,29-11-,37-12+,39-15+,40-36+,44-19+,52-32-,57-28?;. The molecule has 0 aliphatic carbocycles. The van der Waals surface area contributed by atoms with Gasteiger partial charge in [-0.05, 0) is 155 Å². The summed E-state index contributed by atoms with van der Waals surface area (Å²) in [5.41, 5.74) is 31.4. The van der Waals surface area contributed by atoms with Gasteiger partial charge in [-0.1, -0.05) is 136 Å². The van der Waals surface area contributed by atoms with Crippen LogP contribution < -0.4 is 22.5 Å². The first-order valence-corrected chi connectivity index (χ1v) is 21.8. The van der Waals surface area contributed by atoms with E-state index < -0.39 is 0 Å². The number of nitrogens with two attached hydrogens (primary N) is 3. The van der Waals surface area contributed by atoms with E-state index in [1.54, 1.807) is 18.4 Å². The number of aromatic nitrogens is 1. The van der Waals surface area contributed by atoms with E-state index in [-0.39, 0.29) is 6.04 Å². The van der Waals surface area contributed by atoms with Gasteiger partial charge in [-0.25, -0.2) is 0 Å². The molecule has 7 rings (SSSR count). The number of rotatable bonds is 14. The number of hydrogen-bond acceptors (Lipinski definition) is 5. The molecule has 0 radical (unpaired) electrons. The summed E-state index contributed by atoms with van der Waals surface area (Å²) in [6.07, 6.45) is 28.8. The maximum Gasteiger partial charge on any atom is 0.0701 e. The Morgan fingerprint density at radius 2 is 1.59 bits per heavy atom. The molecule has 8 N–H and O–H groups in total. The van der Waals surface area contributed by atoms with E-state index in [1.165, 1.54) is 28.6 Å². The van der Waals surface area contributed by atoms with Crippen molar-refractivity contribution in [1.29, 1.82) is 5.41 Å². The summed E-state index contributed by atoms with van der Waals surface area (Å²) in [6, 6.07) is 33.0. The van der Waals surface area contributed by atoms with Gasteiger partial charge < -0.3 is 32.5 Å². The van der Waals surface area contributed by atoms with Crippen molar-refractivity contribution in [1.82, 2.24) is 9.88 Å². The first-order chi connectivity index (χ1) is 31.2. The summed E-state index contributed by atoms with van der Waals surface area (Å²) in [6.45, 7) is 18.3. The maximum atomic E-state index is 7.55. The lowest BCUT2D eigenvalue weighted by molar-refractivity contribution is 0.764. The fourth-order valence-corrected chi connectivity index (χ4v) is 8.03. The third-order valence-corrected chi connectivity index (χ3v) is 11.3. The van der Waals surface area contributed by atoms with Crippen molar-refractivity contribution in [2.24, 2.45) is 17.2 Å². The molecule has 1 aliphatic heterocycles. The van der Waals surface area contributed by atoms with Crippen molar-refractivity contribution >= 4 is 60.7 Å². The normalized spacial score (nSPS) is 15.5. The summed E-state index contributed by atoms with van der Waals surface area (Å²) < 4.78 is 2.42. The fraction of sp³-hybridized carbons (Fsp3) is 0.121. The van der Waals surface area contributed by atoms with Gasteiger partial charge in [-0.15, -0.1) is 0 Å². The molecular formula is C58H60N6. The predicted octanol–water partition coefficient (Wildman–Crippen LogP) is 13.7. The molecular weight excluding hydrogens is 781 g/mol. The van der Waals surface area contributed by atoms with Crippen LogP contribution in [0.1, 0.15) is 52.2 Å². The van der Waals surface area contributed by atoms with Crippen molar-refractivity contribution in [3.63, 3.8) is 0 Å². The van der Waals surface area contributed by atoms with Crippen molar-refractivity contribution in [3.8, 4) is 5.69 Å². The van der Waals surface area contributed by atoms with Crippen molar-refractivity contribution < 1.29 is 0 Å². The molecule has 0 bridgehead atoms. The van der Waals surface area contributed by atoms with E-state index in [9.17, 15) is 0 Å². The summed E-state index contributed by atoms with van der Waals surface area (Å²) in [7, 11) is 0. The average Bonchev–Trinajstić information content (AvgIpc) is 3.67. The minimum atomic E-state index is -0.182. The van der Waals surface area contributed by atoms with Gasteiger partial charge >= 0.3 is 0 Å². The second-order valence-electron chi connectivity index (χ2n) is 15.4. The van der Waals surface area contributed by atoms with Gasteiger partial charge in [0, 0.05) is 39.5 Å². The molecule has 1 aliphatic rings. The van der Waals surface area contributed by atoms with Gasteiger partial charge in [0.1, 0.15) is 0 Å². The highest BCUT2D eigenvalue weighted by Gasteiger charge is 2.21.